The zero-order valence-electron chi connectivity index (χ0n) is 11.5. The lowest BCUT2D eigenvalue weighted by molar-refractivity contribution is 0.104. The molecule has 0 aliphatic heterocycles. The van der Waals surface area contributed by atoms with Gasteiger partial charge in [0, 0.05) is 0 Å². The van der Waals surface area contributed by atoms with Crippen molar-refractivity contribution in [3.8, 4) is 11.5 Å². The third-order valence-corrected chi connectivity index (χ3v) is 2.63. The van der Waals surface area contributed by atoms with Crippen molar-refractivity contribution >= 4 is 11.9 Å². The molecule has 0 amide bonds. The Labute approximate surface area is 113 Å². The number of rotatable bonds is 4. The molecule has 0 bridgehead atoms. The Morgan fingerprint density at radius 1 is 1.21 bits per heavy atom. The molecule has 0 aromatic heterocycles. The molecule has 0 spiro atoms. The van der Waals surface area contributed by atoms with Crippen LogP contribution in [0.3, 0.4) is 0 Å². The average molecular weight is 255 g/mol. The molecule has 2 aromatic rings. The van der Waals surface area contributed by atoms with Crippen LogP contribution in [-0.4, -0.2) is 18.0 Å². The van der Waals surface area contributed by atoms with E-state index in [4.69, 9.17) is 6.11 Å². The molecule has 2 aromatic carbocycles. The van der Waals surface area contributed by atoms with Crippen molar-refractivity contribution in [1.82, 2.24) is 0 Å². The van der Waals surface area contributed by atoms with Gasteiger partial charge in [-0.15, -0.1) is 0 Å². The van der Waals surface area contributed by atoms with Crippen molar-refractivity contribution in [3.05, 3.63) is 65.7 Å². The maximum absolute atomic E-state index is 12.1. The zero-order valence-corrected chi connectivity index (χ0v) is 10.5. The van der Waals surface area contributed by atoms with Gasteiger partial charge in [-0.3, -0.25) is 4.79 Å². The lowest BCUT2D eigenvalue weighted by Crippen LogP contribution is -1.94. The van der Waals surface area contributed by atoms with E-state index >= 15 is 0 Å². The molecular formula is C16H14O3. The number of allylic oxidation sites excluding steroid dienone is 1. The molecule has 0 saturated carbocycles. The summed E-state index contributed by atoms with van der Waals surface area (Å²) in [6, 6.07) is 13.0. The molecule has 0 radical (unpaired) electrons. The van der Waals surface area contributed by atoms with Crippen molar-refractivity contribution in [2.24, 2.45) is 0 Å². The minimum atomic E-state index is -0.515. The zero-order chi connectivity index (χ0) is 14.5. The van der Waals surface area contributed by atoms with E-state index in [1.807, 2.05) is 0 Å². The second kappa shape index (κ2) is 5.87. The van der Waals surface area contributed by atoms with Gasteiger partial charge in [0.15, 0.2) is 5.78 Å². The van der Waals surface area contributed by atoms with Gasteiger partial charge in [0.2, 0.25) is 0 Å². The first kappa shape index (κ1) is 11.5. The Hall–Kier alpha value is -2.55. The molecule has 2 rings (SSSR count). The Morgan fingerprint density at radius 2 is 1.89 bits per heavy atom. The maximum Gasteiger partial charge on any atom is 0.189 e. The number of methoxy groups -OCH3 is 1. The lowest BCUT2D eigenvalue weighted by atomic mass is 10.1. The third-order valence-electron chi connectivity index (χ3n) is 2.63. The van der Waals surface area contributed by atoms with E-state index in [2.05, 4.69) is 0 Å². The molecule has 1 N–H and O–H groups in total. The number of para-hydroxylation sites is 1. The number of benzene rings is 2. The van der Waals surface area contributed by atoms with Gasteiger partial charge in [-0.1, -0.05) is 30.3 Å². The molecule has 19 heavy (non-hydrogen) atoms. The van der Waals surface area contributed by atoms with Gasteiger partial charge in [0.25, 0.3) is 0 Å². The quantitative estimate of drug-likeness (QED) is 0.673. The van der Waals surface area contributed by atoms with Crippen LogP contribution in [0.4, 0.5) is 0 Å². The predicted molar refractivity (Wildman–Crippen MR) is 74.5 cm³/mol. The summed E-state index contributed by atoms with van der Waals surface area (Å²) in [5, 5.41) is 9.62. The maximum atomic E-state index is 12.1. The summed E-state index contributed by atoms with van der Waals surface area (Å²) in [4.78, 5) is 12.1. The summed E-state index contributed by atoms with van der Waals surface area (Å²) in [5.74, 6) is 0.0741. The van der Waals surface area contributed by atoms with Crippen molar-refractivity contribution in [2.45, 2.75) is 0 Å². The molecule has 3 heteroatoms. The number of phenolic OH excluding ortho intramolecular Hbond substituents is 1. The molecule has 0 atom stereocenters. The minimum Gasteiger partial charge on any atom is -0.507 e. The van der Waals surface area contributed by atoms with Gasteiger partial charge in [-0.25, -0.2) is 0 Å². The van der Waals surface area contributed by atoms with Gasteiger partial charge in [0.1, 0.15) is 11.5 Å². The summed E-state index contributed by atoms with van der Waals surface area (Å²) in [6.07, 6.45) is 1.45. The molecule has 0 fully saturated rings. The van der Waals surface area contributed by atoms with Gasteiger partial charge in [-0.05, 0) is 35.9 Å². The minimum absolute atomic E-state index is 0.120. The van der Waals surface area contributed by atoms with E-state index in [-0.39, 0.29) is 17.4 Å². The molecule has 0 heterocycles. The predicted octanol–water partition coefficient (Wildman–Crippen LogP) is 3.30. The number of carbonyl (C=O) groups is 1. The first-order valence-electron chi connectivity index (χ1n) is 6.27. The van der Waals surface area contributed by atoms with Crippen LogP contribution in [0.25, 0.3) is 6.08 Å². The van der Waals surface area contributed by atoms with Crippen LogP contribution in [-0.2, 0) is 0 Å². The Kier molecular flexibility index (Phi) is 3.56. The van der Waals surface area contributed by atoms with Crippen molar-refractivity contribution < 1.29 is 16.0 Å². The fraction of sp³-hybridized carbons (Fsp3) is 0.0625. The molecule has 3 nitrogen and oxygen atoms in total. The molecule has 0 saturated heterocycles. The number of ketones is 1. The normalized spacial score (nSPS) is 11.8. The van der Waals surface area contributed by atoms with Crippen molar-refractivity contribution in [1.29, 1.82) is 0 Å². The highest BCUT2D eigenvalue weighted by atomic mass is 16.5. The lowest BCUT2D eigenvalue weighted by Gasteiger charge is -2.00. The molecular weight excluding hydrogens is 240 g/mol. The number of ether oxygens (including phenoxy) is 1. The highest BCUT2D eigenvalue weighted by Crippen LogP contribution is 2.17. The number of carbonyl (C=O) groups excluding carboxylic acids is 1. The van der Waals surface area contributed by atoms with Crippen LogP contribution in [0.15, 0.2) is 54.6 Å². The standard InChI is InChI=1S/C16H14O3/c1-19-13-9-6-12(7-10-13)8-11-16(18)14-4-2-3-5-15(14)17/h2-11,17H,1H3/b11-8+/i11D. The first-order valence-corrected chi connectivity index (χ1v) is 5.77. The SMILES string of the molecule is [2H]/C(=C\c1ccc(OC)cc1)C(=O)c1ccccc1O. The van der Waals surface area contributed by atoms with E-state index in [9.17, 15) is 9.90 Å². The summed E-state index contributed by atoms with van der Waals surface area (Å²) < 4.78 is 12.9. The second-order valence-electron chi connectivity index (χ2n) is 3.91. The summed E-state index contributed by atoms with van der Waals surface area (Å²) >= 11 is 0. The Morgan fingerprint density at radius 3 is 2.53 bits per heavy atom. The molecule has 0 unspecified atom stereocenters. The fourth-order valence-electron chi connectivity index (χ4n) is 1.59. The number of hydrogen-bond donors (Lipinski definition) is 1. The number of phenols is 1. The monoisotopic (exact) mass is 255 g/mol. The first-order chi connectivity index (χ1) is 9.61. The topological polar surface area (TPSA) is 46.5 Å². The summed E-state index contributed by atoms with van der Waals surface area (Å²) in [7, 11) is 1.57. The van der Waals surface area contributed by atoms with E-state index in [0.717, 1.165) is 5.56 Å². The van der Waals surface area contributed by atoms with Crippen molar-refractivity contribution in [3.63, 3.8) is 0 Å². The van der Waals surface area contributed by atoms with E-state index in [0.29, 0.717) is 5.75 Å². The second-order valence-corrected chi connectivity index (χ2v) is 3.91. The van der Waals surface area contributed by atoms with E-state index in [1.54, 1.807) is 43.5 Å². The van der Waals surface area contributed by atoms with Gasteiger partial charge < -0.3 is 9.84 Å². The highest BCUT2D eigenvalue weighted by Gasteiger charge is 2.06. The van der Waals surface area contributed by atoms with Gasteiger partial charge in [0.05, 0.1) is 14.0 Å². The van der Waals surface area contributed by atoms with Gasteiger partial charge >= 0.3 is 0 Å². The largest absolute Gasteiger partial charge is 0.507 e. The summed E-state index contributed by atoms with van der Waals surface area (Å²) in [5.41, 5.74) is 0.849. The average Bonchev–Trinajstić information content (AvgIpc) is 2.48. The van der Waals surface area contributed by atoms with Gasteiger partial charge in [-0.2, -0.15) is 0 Å². The van der Waals surface area contributed by atoms with E-state index in [1.165, 1.54) is 18.2 Å². The summed E-state index contributed by atoms with van der Waals surface area (Å²) in [6.45, 7) is 0. The third kappa shape index (κ3) is 3.22. The molecule has 0 aliphatic carbocycles. The van der Waals surface area contributed by atoms with Crippen LogP contribution < -0.4 is 4.74 Å². The Bertz CT molecular complexity index is 645. The van der Waals surface area contributed by atoms with Crippen LogP contribution in [0.1, 0.15) is 17.3 Å². The highest BCUT2D eigenvalue weighted by molar-refractivity contribution is 6.08. The number of hydrogen-bond acceptors (Lipinski definition) is 3. The van der Waals surface area contributed by atoms with Crippen molar-refractivity contribution in [2.75, 3.05) is 7.11 Å². The molecule has 96 valence electrons. The van der Waals surface area contributed by atoms with Crippen LogP contribution in [0.2, 0.25) is 0 Å². The van der Waals surface area contributed by atoms with Crippen LogP contribution in [0, 0.1) is 0 Å². The Balaban J connectivity index is 2.25. The fourth-order valence-corrected chi connectivity index (χ4v) is 1.59. The molecule has 0 aliphatic rings. The van der Waals surface area contributed by atoms with Crippen LogP contribution in [0.5, 0.6) is 11.5 Å². The van der Waals surface area contributed by atoms with Crippen LogP contribution >= 0.6 is 0 Å². The smallest absolute Gasteiger partial charge is 0.189 e. The van der Waals surface area contributed by atoms with E-state index < -0.39 is 5.78 Å². The number of aromatic hydroxyl groups is 1.